The molecule has 1 aromatic rings. The van der Waals surface area contributed by atoms with E-state index in [-0.39, 0.29) is 5.56 Å². The lowest BCUT2D eigenvalue weighted by Crippen LogP contribution is -1.94. The number of carboxylic acid groups (broad SMARTS) is 1. The van der Waals surface area contributed by atoms with Crippen LogP contribution in [0.25, 0.3) is 0 Å². The molecule has 0 aliphatic heterocycles. The molecule has 1 N–H and O–H groups in total. The van der Waals surface area contributed by atoms with Gasteiger partial charge in [-0.3, -0.25) is 0 Å². The van der Waals surface area contributed by atoms with Crippen molar-refractivity contribution in [2.45, 2.75) is 39.0 Å². The highest BCUT2D eigenvalue weighted by Crippen LogP contribution is 2.03. The van der Waals surface area contributed by atoms with Gasteiger partial charge in [-0.25, -0.2) is 4.79 Å². The molecule has 0 aliphatic rings. The fourth-order valence-corrected chi connectivity index (χ4v) is 1.55. The Morgan fingerprint density at radius 3 is 2.47 bits per heavy atom. The molecule has 98 valence electrons. The van der Waals surface area contributed by atoms with Gasteiger partial charge < -0.3 is 5.11 Å². The molecule has 0 unspecified atom stereocenters. The third-order valence-electron chi connectivity index (χ3n) is 2.64. The maximum absolute atomic E-state index is 10.7. The first-order valence-corrected chi connectivity index (χ1v) is 6.56. The number of carboxylic acids is 1. The first-order valence-electron chi connectivity index (χ1n) is 6.56. The molecule has 1 aromatic carbocycles. The number of hydrogen-bond acceptors (Lipinski definition) is 1. The van der Waals surface area contributed by atoms with Crippen molar-refractivity contribution in [3.05, 3.63) is 35.4 Å². The Kier molecular flexibility index (Phi) is 6.92. The zero-order valence-corrected chi connectivity index (χ0v) is 11.2. The second kappa shape index (κ2) is 8.84. The average molecular weight is 254 g/mol. The van der Waals surface area contributed by atoms with Gasteiger partial charge in [-0.05, 0) is 42.5 Å². The van der Waals surface area contributed by atoms with Crippen LogP contribution < -0.4 is 0 Å². The van der Waals surface area contributed by atoms with Crippen molar-refractivity contribution in [1.82, 2.24) is 0 Å². The summed E-state index contributed by atoms with van der Waals surface area (Å²) in [5.41, 5.74) is 1.05. The Balaban J connectivity index is 2.41. The van der Waals surface area contributed by atoms with E-state index < -0.39 is 5.97 Å². The van der Waals surface area contributed by atoms with Crippen LogP contribution in [0.2, 0.25) is 0 Å². The van der Waals surface area contributed by atoms with Gasteiger partial charge in [-0.1, -0.05) is 38.0 Å². The summed E-state index contributed by atoms with van der Waals surface area (Å²) in [6, 6.07) is 6.48. The van der Waals surface area contributed by atoms with E-state index in [1.807, 2.05) is 0 Å². The highest BCUT2D eigenvalue weighted by molar-refractivity contribution is 5.87. The molecule has 0 bridgehead atoms. The van der Waals surface area contributed by atoms with Crippen LogP contribution in [0.3, 0.4) is 0 Å². The number of benzene rings is 1. The molecule has 2 heteroatoms. The molecule has 2 nitrogen and oxygen atoms in total. The zero-order chi connectivity index (χ0) is 13.9. The molecule has 0 amide bonds. The molecular weight excluding hydrogens is 236 g/mol. The third kappa shape index (κ3) is 6.34. The summed E-state index contributed by atoms with van der Waals surface area (Å²) in [6.07, 6.45) is 5.76. The van der Waals surface area contributed by atoms with Crippen molar-refractivity contribution in [3.63, 3.8) is 0 Å². The van der Waals surface area contributed by atoms with Gasteiger partial charge in [-0.15, -0.1) is 0 Å². The predicted octanol–water partition coefficient (Wildman–Crippen LogP) is 3.71. The number of hydrogen-bond donors (Lipinski definition) is 1. The summed E-state index contributed by atoms with van der Waals surface area (Å²) < 4.78 is 0. The molecule has 0 heterocycles. The van der Waals surface area contributed by atoms with Crippen LogP contribution in [0, 0.1) is 23.7 Å². The van der Waals surface area contributed by atoms with Crippen LogP contribution in [0.1, 0.15) is 54.9 Å². The molecule has 0 saturated carbocycles. The first kappa shape index (κ1) is 14.9. The van der Waals surface area contributed by atoms with Crippen molar-refractivity contribution < 1.29 is 9.90 Å². The van der Waals surface area contributed by atoms with E-state index in [1.165, 1.54) is 19.3 Å². The second-order valence-electron chi connectivity index (χ2n) is 4.24. The highest BCUT2D eigenvalue weighted by Gasteiger charge is 1.99. The Bertz CT molecular complexity index is 518. The average Bonchev–Trinajstić information content (AvgIpc) is 2.42. The van der Waals surface area contributed by atoms with E-state index >= 15 is 0 Å². The smallest absolute Gasteiger partial charge is 0.335 e. The minimum atomic E-state index is -0.925. The Hall–Kier alpha value is -2.19. The Morgan fingerprint density at radius 1 is 1.11 bits per heavy atom. The summed E-state index contributed by atoms with van der Waals surface area (Å²) in [7, 11) is 0. The van der Waals surface area contributed by atoms with Crippen molar-refractivity contribution in [1.29, 1.82) is 0 Å². The number of rotatable bonds is 5. The minimum Gasteiger partial charge on any atom is -0.478 e. The van der Waals surface area contributed by atoms with Gasteiger partial charge in [0.15, 0.2) is 0 Å². The number of aromatic carboxylic acids is 1. The fraction of sp³-hybridized carbons (Fsp3) is 0.353. The summed E-state index contributed by atoms with van der Waals surface area (Å²) in [4.78, 5) is 10.7. The zero-order valence-electron chi connectivity index (χ0n) is 11.2. The van der Waals surface area contributed by atoms with Crippen LogP contribution in [-0.2, 0) is 0 Å². The maximum Gasteiger partial charge on any atom is 0.335 e. The monoisotopic (exact) mass is 254 g/mol. The van der Waals surface area contributed by atoms with Gasteiger partial charge in [0.05, 0.1) is 5.56 Å². The van der Waals surface area contributed by atoms with Crippen LogP contribution in [0.4, 0.5) is 0 Å². The quantitative estimate of drug-likeness (QED) is 0.642. The minimum absolute atomic E-state index is 0.271. The van der Waals surface area contributed by atoms with Crippen LogP contribution >= 0.6 is 0 Å². The van der Waals surface area contributed by atoms with Gasteiger partial charge in [0, 0.05) is 12.0 Å². The van der Waals surface area contributed by atoms with Crippen molar-refractivity contribution in [2.24, 2.45) is 0 Å². The van der Waals surface area contributed by atoms with E-state index in [2.05, 4.69) is 30.6 Å². The molecular formula is C17H18O2. The lowest BCUT2D eigenvalue weighted by Gasteiger charge is -1.92. The maximum atomic E-state index is 10.7. The lowest BCUT2D eigenvalue weighted by atomic mass is 10.1. The number of unbranched alkanes of at least 4 members (excludes halogenated alkanes) is 4. The summed E-state index contributed by atoms with van der Waals surface area (Å²) >= 11 is 0. The normalized spacial score (nSPS) is 8.89. The third-order valence-corrected chi connectivity index (χ3v) is 2.64. The van der Waals surface area contributed by atoms with Gasteiger partial charge >= 0.3 is 5.97 Å². The van der Waals surface area contributed by atoms with E-state index in [9.17, 15) is 4.79 Å². The number of carbonyl (C=O) groups is 1. The molecule has 0 aliphatic carbocycles. The predicted molar refractivity (Wildman–Crippen MR) is 76.8 cm³/mol. The van der Waals surface area contributed by atoms with Crippen molar-refractivity contribution in [2.75, 3.05) is 0 Å². The molecule has 0 atom stereocenters. The van der Waals surface area contributed by atoms with Crippen LogP contribution in [0.15, 0.2) is 24.3 Å². The first-order chi connectivity index (χ1) is 9.24. The van der Waals surface area contributed by atoms with Crippen molar-refractivity contribution >= 4 is 5.97 Å². The molecule has 0 spiro atoms. The lowest BCUT2D eigenvalue weighted by molar-refractivity contribution is 0.0697. The standard InChI is InChI=1S/C17H18O2/c1-2-3-4-5-6-7-8-9-10-15-11-13-16(14-12-15)17(18)19/h11-14H,2-6H2,1H3,(H,18,19). The molecule has 0 fully saturated rings. The highest BCUT2D eigenvalue weighted by atomic mass is 16.4. The van der Waals surface area contributed by atoms with Gasteiger partial charge in [0.2, 0.25) is 0 Å². The van der Waals surface area contributed by atoms with E-state index in [4.69, 9.17) is 5.11 Å². The largest absolute Gasteiger partial charge is 0.478 e. The Morgan fingerprint density at radius 2 is 1.84 bits per heavy atom. The SMILES string of the molecule is CCCCCCC#CC#Cc1ccc(C(=O)O)cc1. The Labute approximate surface area is 114 Å². The van der Waals surface area contributed by atoms with Gasteiger partial charge in [0.1, 0.15) is 0 Å². The topological polar surface area (TPSA) is 37.3 Å². The summed E-state index contributed by atoms with van der Waals surface area (Å²) in [5, 5.41) is 8.75. The van der Waals surface area contributed by atoms with Crippen molar-refractivity contribution in [3.8, 4) is 23.7 Å². The second-order valence-corrected chi connectivity index (χ2v) is 4.24. The van der Waals surface area contributed by atoms with E-state index in [1.54, 1.807) is 24.3 Å². The molecule has 0 radical (unpaired) electrons. The van der Waals surface area contributed by atoms with E-state index in [0.717, 1.165) is 18.4 Å². The summed E-state index contributed by atoms with van der Waals surface area (Å²) in [6.45, 7) is 2.19. The van der Waals surface area contributed by atoms with Gasteiger partial charge in [-0.2, -0.15) is 0 Å². The van der Waals surface area contributed by atoms with E-state index in [0.29, 0.717) is 0 Å². The van der Waals surface area contributed by atoms with Crippen LogP contribution in [-0.4, -0.2) is 11.1 Å². The fourth-order valence-electron chi connectivity index (χ4n) is 1.55. The molecule has 0 saturated heterocycles. The molecule has 1 rings (SSSR count). The summed E-state index contributed by atoms with van der Waals surface area (Å²) in [5.74, 6) is 10.6. The van der Waals surface area contributed by atoms with Crippen LogP contribution in [0.5, 0.6) is 0 Å². The van der Waals surface area contributed by atoms with Gasteiger partial charge in [0.25, 0.3) is 0 Å². The molecule has 19 heavy (non-hydrogen) atoms. The molecule has 0 aromatic heterocycles.